The van der Waals surface area contributed by atoms with Gasteiger partial charge in [-0.3, -0.25) is 9.69 Å². The first-order valence-corrected chi connectivity index (χ1v) is 16.3. The molecule has 1 aromatic heterocycles. The molecule has 2 N–H and O–H groups in total. The average Bonchev–Trinajstić information content (AvgIpc) is 3.71. The molecule has 10 nitrogen and oxygen atoms in total. The van der Waals surface area contributed by atoms with E-state index in [1.54, 1.807) is 36.4 Å². The summed E-state index contributed by atoms with van der Waals surface area (Å²) in [6, 6.07) is 27.0. The van der Waals surface area contributed by atoms with Crippen molar-refractivity contribution in [1.82, 2.24) is 9.62 Å². The number of rotatable bonds is 13. The summed E-state index contributed by atoms with van der Waals surface area (Å²) < 4.78 is 39.6. The van der Waals surface area contributed by atoms with E-state index >= 15 is 0 Å². The predicted octanol–water partition coefficient (Wildman–Crippen LogP) is 4.06. The first-order valence-electron chi connectivity index (χ1n) is 14.0. The van der Waals surface area contributed by atoms with E-state index in [2.05, 4.69) is 5.32 Å². The molecule has 44 heavy (non-hydrogen) atoms. The van der Waals surface area contributed by atoms with Crippen LogP contribution in [-0.2, 0) is 32.5 Å². The largest absolute Gasteiger partial charge is 0.497 e. The van der Waals surface area contributed by atoms with Crippen LogP contribution in [-0.4, -0.2) is 68.3 Å². The summed E-state index contributed by atoms with van der Waals surface area (Å²) in [5, 5.41) is 16.3. The number of thiophene rings is 1. The lowest BCUT2D eigenvalue weighted by atomic mass is 10.0. The molecule has 3 aromatic carbocycles. The third-order valence-corrected chi connectivity index (χ3v) is 9.91. The molecule has 0 bridgehead atoms. The number of carbonyl (C=O) groups is 2. The lowest BCUT2D eigenvalue weighted by molar-refractivity contribution is -0.129. The number of sulfonamides is 1. The van der Waals surface area contributed by atoms with Crippen molar-refractivity contribution < 1.29 is 32.6 Å². The van der Waals surface area contributed by atoms with Crippen molar-refractivity contribution in [2.24, 2.45) is 0 Å². The molecule has 0 radical (unpaired) electrons. The van der Waals surface area contributed by atoms with E-state index in [0.717, 1.165) is 10.4 Å². The van der Waals surface area contributed by atoms with Gasteiger partial charge in [0.15, 0.2) is 6.10 Å². The average molecular weight is 636 g/mol. The first-order chi connectivity index (χ1) is 21.2. The van der Waals surface area contributed by atoms with E-state index in [9.17, 15) is 23.1 Å². The number of aliphatic hydroxyl groups excluding tert-OH is 1. The Bertz CT molecular complexity index is 1650. The zero-order valence-corrected chi connectivity index (χ0v) is 25.6. The van der Waals surface area contributed by atoms with E-state index in [1.165, 1.54) is 39.8 Å². The third kappa shape index (κ3) is 7.45. The quantitative estimate of drug-likeness (QED) is 0.227. The molecule has 3 atom stereocenters. The topological polar surface area (TPSA) is 125 Å². The number of hydrogen-bond acceptors (Lipinski definition) is 8. The van der Waals surface area contributed by atoms with Gasteiger partial charge in [0.05, 0.1) is 30.7 Å². The maximum atomic E-state index is 13.9. The monoisotopic (exact) mass is 635 g/mol. The number of nitrogens with one attached hydrogen (secondary N) is 1. The summed E-state index contributed by atoms with van der Waals surface area (Å²) in [7, 11) is -2.63. The molecule has 1 saturated heterocycles. The lowest BCUT2D eigenvalue weighted by Crippen LogP contribution is -2.53. The van der Waals surface area contributed by atoms with Crippen molar-refractivity contribution in [1.29, 1.82) is 0 Å². The Balaban J connectivity index is 1.38. The van der Waals surface area contributed by atoms with Crippen LogP contribution in [0.3, 0.4) is 0 Å². The fourth-order valence-electron chi connectivity index (χ4n) is 4.92. The summed E-state index contributed by atoms with van der Waals surface area (Å²) in [5.74, 6) is -0.204. The van der Waals surface area contributed by atoms with Gasteiger partial charge in [0.1, 0.15) is 5.75 Å². The van der Waals surface area contributed by atoms with Gasteiger partial charge in [0.25, 0.3) is 5.91 Å². The second-order valence-electron chi connectivity index (χ2n) is 10.2. The molecule has 5 rings (SSSR count). The highest BCUT2D eigenvalue weighted by molar-refractivity contribution is 7.89. The number of para-hydroxylation sites is 1. The molecule has 0 aliphatic carbocycles. The first kappa shape index (κ1) is 31.2. The van der Waals surface area contributed by atoms with Crippen LogP contribution in [0.2, 0.25) is 0 Å². The van der Waals surface area contributed by atoms with Gasteiger partial charge in [-0.05, 0) is 47.7 Å². The second kappa shape index (κ2) is 14.0. The molecule has 1 fully saturated rings. The summed E-state index contributed by atoms with van der Waals surface area (Å²) in [5.41, 5.74) is 1.42. The van der Waals surface area contributed by atoms with Crippen LogP contribution < -0.4 is 15.0 Å². The van der Waals surface area contributed by atoms with Crippen molar-refractivity contribution >= 4 is 39.0 Å². The molecule has 1 aliphatic rings. The normalized spacial score (nSPS) is 16.4. The second-order valence-corrected chi connectivity index (χ2v) is 13.2. The van der Waals surface area contributed by atoms with Crippen LogP contribution in [0.4, 0.5) is 10.5 Å². The highest BCUT2D eigenvalue weighted by Gasteiger charge is 2.39. The number of ether oxygens (including phenoxy) is 2. The fraction of sp³-hybridized carbons (Fsp3) is 0.250. The molecule has 2 amide bonds. The van der Waals surface area contributed by atoms with Crippen LogP contribution in [0.5, 0.6) is 5.75 Å². The van der Waals surface area contributed by atoms with E-state index in [1.807, 2.05) is 53.9 Å². The maximum Gasteiger partial charge on any atom is 0.415 e. The highest BCUT2D eigenvalue weighted by Crippen LogP contribution is 2.25. The minimum Gasteiger partial charge on any atom is -0.497 e. The number of anilines is 1. The zero-order valence-electron chi connectivity index (χ0n) is 24.0. The number of nitrogens with zero attached hydrogens (tertiary/aromatic N) is 2. The Hall–Kier alpha value is -4.23. The Kier molecular flexibility index (Phi) is 9.95. The van der Waals surface area contributed by atoms with Crippen LogP contribution in [0.25, 0.3) is 0 Å². The van der Waals surface area contributed by atoms with E-state index in [0.29, 0.717) is 11.4 Å². The zero-order chi connectivity index (χ0) is 31.1. The van der Waals surface area contributed by atoms with E-state index in [4.69, 9.17) is 9.47 Å². The summed E-state index contributed by atoms with van der Waals surface area (Å²) in [6.07, 6.45) is -2.87. The Morgan fingerprint density at radius 1 is 1.07 bits per heavy atom. The number of aliphatic hydroxyl groups is 1. The van der Waals surface area contributed by atoms with Crippen LogP contribution in [0, 0.1) is 0 Å². The molecule has 1 aliphatic heterocycles. The number of benzene rings is 3. The van der Waals surface area contributed by atoms with E-state index in [-0.39, 0.29) is 31.0 Å². The summed E-state index contributed by atoms with van der Waals surface area (Å²) >= 11 is 1.40. The van der Waals surface area contributed by atoms with Gasteiger partial charge in [0, 0.05) is 29.7 Å². The van der Waals surface area contributed by atoms with Crippen molar-refractivity contribution in [3.63, 3.8) is 0 Å². The lowest BCUT2D eigenvalue weighted by Gasteiger charge is -2.30. The van der Waals surface area contributed by atoms with Crippen molar-refractivity contribution in [3.8, 4) is 5.75 Å². The van der Waals surface area contributed by atoms with Gasteiger partial charge in [-0.15, -0.1) is 11.3 Å². The standard InChI is InChI=1S/C32H33N3O7S2/c1-41-25-14-8-16-27(19-25)44(39,40)34(20-26-15-9-17-43-26)21-29(36)28(18-23-10-4-2-5-11-23)33-31(37)30-22-35(32(38)42-30)24-12-6-3-7-13-24/h2-17,19,28-30,36H,18,20-22H2,1H3,(H,33,37)/t28-,29+,30-/m0/s1. The smallest absolute Gasteiger partial charge is 0.415 e. The minimum absolute atomic E-state index is 0.00243. The number of cyclic esters (lactones) is 1. The van der Waals surface area contributed by atoms with Crippen molar-refractivity contribution in [2.75, 3.05) is 25.1 Å². The SMILES string of the molecule is COc1cccc(S(=O)(=O)N(Cc2cccs2)C[C@@H](O)[C@H](Cc2ccccc2)NC(=O)[C@@H]2CN(c3ccccc3)C(=O)O2)c1. The van der Waals surface area contributed by atoms with Crippen molar-refractivity contribution in [2.45, 2.75) is 36.1 Å². The van der Waals surface area contributed by atoms with E-state index < -0.39 is 40.3 Å². The third-order valence-electron chi connectivity index (χ3n) is 7.24. The molecule has 0 unspecified atom stereocenters. The summed E-state index contributed by atoms with van der Waals surface area (Å²) in [6.45, 7) is -0.292. The van der Waals surface area contributed by atoms with Gasteiger partial charge in [0.2, 0.25) is 10.0 Å². The van der Waals surface area contributed by atoms with Gasteiger partial charge in [-0.2, -0.15) is 4.31 Å². The van der Waals surface area contributed by atoms with Crippen LogP contribution in [0.1, 0.15) is 10.4 Å². The Morgan fingerprint density at radius 3 is 2.48 bits per heavy atom. The number of amides is 2. The number of carbonyl (C=O) groups excluding carboxylic acids is 2. The Labute approximate surface area is 260 Å². The predicted molar refractivity (Wildman–Crippen MR) is 167 cm³/mol. The van der Waals surface area contributed by atoms with Crippen LogP contribution >= 0.6 is 11.3 Å². The molecule has 2 heterocycles. The Morgan fingerprint density at radius 2 is 1.80 bits per heavy atom. The molecule has 4 aromatic rings. The van der Waals surface area contributed by atoms with Gasteiger partial charge >= 0.3 is 6.09 Å². The highest BCUT2D eigenvalue weighted by atomic mass is 32.2. The molecule has 0 spiro atoms. The molecular formula is C32H33N3O7S2. The van der Waals surface area contributed by atoms with Gasteiger partial charge < -0.3 is 19.9 Å². The van der Waals surface area contributed by atoms with Gasteiger partial charge in [-0.1, -0.05) is 60.7 Å². The minimum atomic E-state index is -4.09. The van der Waals surface area contributed by atoms with Crippen LogP contribution in [0.15, 0.2) is 107 Å². The number of hydrogen-bond donors (Lipinski definition) is 2. The molecule has 0 saturated carbocycles. The molecule has 12 heteroatoms. The number of methoxy groups -OCH3 is 1. The van der Waals surface area contributed by atoms with Crippen molar-refractivity contribution in [3.05, 3.63) is 113 Å². The van der Waals surface area contributed by atoms with Gasteiger partial charge in [-0.25, -0.2) is 13.2 Å². The summed E-state index contributed by atoms with van der Waals surface area (Å²) in [4.78, 5) is 28.2. The maximum absolute atomic E-state index is 13.9. The fourth-order valence-corrected chi connectivity index (χ4v) is 7.19. The molecule has 230 valence electrons. The molecular weight excluding hydrogens is 603 g/mol.